The fourth-order valence-corrected chi connectivity index (χ4v) is 1.69. The van der Waals surface area contributed by atoms with Crippen LogP contribution in [0.2, 0.25) is 5.02 Å². The maximum absolute atomic E-state index is 9.48. The van der Waals surface area contributed by atoms with Crippen molar-refractivity contribution in [1.29, 1.82) is 0 Å². The van der Waals surface area contributed by atoms with Gasteiger partial charge in [-0.05, 0) is 31.7 Å². The Kier molecular flexibility index (Phi) is 5.22. The van der Waals surface area contributed by atoms with E-state index in [2.05, 4.69) is 11.8 Å². The van der Waals surface area contributed by atoms with Crippen LogP contribution >= 0.6 is 11.6 Å². The number of hydrogen-bond donors (Lipinski definition) is 2. The third kappa shape index (κ3) is 3.76. The Morgan fingerprint density at radius 1 is 1.38 bits per heavy atom. The summed E-state index contributed by atoms with van der Waals surface area (Å²) in [5.74, 6) is 0. The highest BCUT2D eigenvalue weighted by Gasteiger charge is 2.14. The maximum atomic E-state index is 9.48. The van der Waals surface area contributed by atoms with Crippen molar-refractivity contribution in [2.24, 2.45) is 5.73 Å². The summed E-state index contributed by atoms with van der Waals surface area (Å²) < 4.78 is 0. The molecule has 0 bridgehead atoms. The number of halogens is 1. The van der Waals surface area contributed by atoms with E-state index in [1.165, 1.54) is 5.56 Å². The van der Waals surface area contributed by atoms with Crippen LogP contribution in [0.3, 0.4) is 0 Å². The van der Waals surface area contributed by atoms with E-state index in [1.807, 2.05) is 31.3 Å². The third-order valence-corrected chi connectivity index (χ3v) is 3.04. The molecule has 1 aromatic rings. The summed E-state index contributed by atoms with van der Waals surface area (Å²) in [5, 5.41) is 10.2. The highest BCUT2D eigenvalue weighted by atomic mass is 35.5. The zero-order valence-corrected chi connectivity index (χ0v) is 10.5. The number of likely N-dealkylation sites (N-methyl/N-ethyl adjacent to an activating group) is 1. The topological polar surface area (TPSA) is 49.5 Å². The Hall–Kier alpha value is -0.610. The monoisotopic (exact) mass is 242 g/mol. The molecule has 0 aliphatic rings. The first-order valence-electron chi connectivity index (χ1n) is 5.38. The fourth-order valence-electron chi connectivity index (χ4n) is 1.56. The molecule has 1 rings (SSSR count). The van der Waals surface area contributed by atoms with Crippen molar-refractivity contribution in [3.63, 3.8) is 0 Å². The summed E-state index contributed by atoms with van der Waals surface area (Å²) in [4.78, 5) is 2.07. The van der Waals surface area contributed by atoms with Gasteiger partial charge in [0.05, 0.1) is 6.10 Å². The zero-order valence-electron chi connectivity index (χ0n) is 9.73. The molecule has 2 atom stereocenters. The number of nitrogens with zero attached hydrogens (tertiary/aromatic N) is 1. The van der Waals surface area contributed by atoms with Crippen molar-refractivity contribution in [2.45, 2.75) is 19.1 Å². The molecule has 2 unspecified atom stereocenters. The molecule has 0 saturated carbocycles. The van der Waals surface area contributed by atoms with Gasteiger partial charge in [-0.3, -0.25) is 4.90 Å². The average Bonchev–Trinajstić information content (AvgIpc) is 2.28. The quantitative estimate of drug-likeness (QED) is 0.826. The molecule has 1 aromatic carbocycles. The maximum Gasteiger partial charge on any atom is 0.0789 e. The van der Waals surface area contributed by atoms with Crippen molar-refractivity contribution in [3.8, 4) is 0 Å². The predicted molar refractivity (Wildman–Crippen MR) is 67.6 cm³/mol. The number of hydrogen-bond acceptors (Lipinski definition) is 3. The molecule has 0 fully saturated rings. The second kappa shape index (κ2) is 6.21. The predicted octanol–water partition coefficient (Wildman–Crippen LogP) is 1.65. The molecule has 4 heteroatoms. The van der Waals surface area contributed by atoms with E-state index in [1.54, 1.807) is 0 Å². The molecule has 0 amide bonds. The van der Waals surface area contributed by atoms with Crippen LogP contribution in [0.5, 0.6) is 0 Å². The summed E-state index contributed by atoms with van der Waals surface area (Å²) in [6, 6.07) is 7.98. The highest BCUT2D eigenvalue weighted by Crippen LogP contribution is 2.20. The summed E-state index contributed by atoms with van der Waals surface area (Å²) >= 11 is 5.83. The molecule has 0 aliphatic carbocycles. The zero-order chi connectivity index (χ0) is 12.1. The summed E-state index contributed by atoms with van der Waals surface area (Å²) in [5.41, 5.74) is 6.56. The van der Waals surface area contributed by atoms with Gasteiger partial charge in [-0.2, -0.15) is 0 Å². The van der Waals surface area contributed by atoms with Gasteiger partial charge < -0.3 is 10.8 Å². The smallest absolute Gasteiger partial charge is 0.0789 e. The van der Waals surface area contributed by atoms with Crippen LogP contribution in [0, 0.1) is 0 Å². The molecule has 16 heavy (non-hydrogen) atoms. The molecule has 0 aromatic heterocycles. The van der Waals surface area contributed by atoms with Gasteiger partial charge in [0.15, 0.2) is 0 Å². The molecular weight excluding hydrogens is 224 g/mol. The van der Waals surface area contributed by atoms with Crippen LogP contribution in [0.15, 0.2) is 24.3 Å². The molecule has 3 nitrogen and oxygen atoms in total. The van der Waals surface area contributed by atoms with Crippen molar-refractivity contribution in [3.05, 3.63) is 34.9 Å². The second-order valence-corrected chi connectivity index (χ2v) is 4.49. The SMILES string of the molecule is CC(c1ccc(Cl)cc1)N(C)CC(O)CN. The summed E-state index contributed by atoms with van der Waals surface area (Å²) in [7, 11) is 1.97. The van der Waals surface area contributed by atoms with Gasteiger partial charge in [-0.15, -0.1) is 0 Å². The molecule has 0 spiro atoms. The number of nitrogens with two attached hydrogens (primary N) is 1. The Balaban J connectivity index is 2.62. The molecule has 0 heterocycles. The van der Waals surface area contributed by atoms with E-state index in [-0.39, 0.29) is 12.6 Å². The van der Waals surface area contributed by atoms with Crippen LogP contribution < -0.4 is 5.73 Å². The average molecular weight is 243 g/mol. The van der Waals surface area contributed by atoms with Crippen LogP contribution in [-0.4, -0.2) is 36.2 Å². The third-order valence-electron chi connectivity index (χ3n) is 2.78. The van der Waals surface area contributed by atoms with E-state index in [9.17, 15) is 5.11 Å². The normalized spacial score (nSPS) is 15.1. The highest BCUT2D eigenvalue weighted by molar-refractivity contribution is 6.30. The van der Waals surface area contributed by atoms with Gasteiger partial charge in [0, 0.05) is 24.2 Å². The first-order chi connectivity index (χ1) is 7.54. The second-order valence-electron chi connectivity index (χ2n) is 4.06. The van der Waals surface area contributed by atoms with Crippen LogP contribution in [0.4, 0.5) is 0 Å². The molecule has 0 saturated heterocycles. The van der Waals surface area contributed by atoms with Crippen LogP contribution in [0.25, 0.3) is 0 Å². The number of benzene rings is 1. The fraction of sp³-hybridized carbons (Fsp3) is 0.500. The van der Waals surface area contributed by atoms with Gasteiger partial charge in [-0.1, -0.05) is 23.7 Å². The van der Waals surface area contributed by atoms with E-state index >= 15 is 0 Å². The molecule has 3 N–H and O–H groups in total. The van der Waals surface area contributed by atoms with Crippen molar-refractivity contribution >= 4 is 11.6 Å². The number of aliphatic hydroxyl groups is 1. The molecule has 0 aliphatic heterocycles. The lowest BCUT2D eigenvalue weighted by Gasteiger charge is -2.26. The summed E-state index contributed by atoms with van der Waals surface area (Å²) in [6.07, 6.45) is -0.472. The van der Waals surface area contributed by atoms with Crippen molar-refractivity contribution in [2.75, 3.05) is 20.1 Å². The minimum Gasteiger partial charge on any atom is -0.390 e. The number of aliphatic hydroxyl groups excluding tert-OH is 1. The number of rotatable bonds is 5. The lowest BCUT2D eigenvalue weighted by Crippen LogP contribution is -2.35. The molecular formula is C12H19ClN2O. The van der Waals surface area contributed by atoms with E-state index in [0.29, 0.717) is 6.54 Å². The van der Waals surface area contributed by atoms with Gasteiger partial charge in [0.2, 0.25) is 0 Å². The van der Waals surface area contributed by atoms with Gasteiger partial charge in [0.1, 0.15) is 0 Å². The van der Waals surface area contributed by atoms with Crippen molar-refractivity contribution in [1.82, 2.24) is 4.90 Å². The van der Waals surface area contributed by atoms with E-state index < -0.39 is 6.10 Å². The largest absolute Gasteiger partial charge is 0.390 e. The van der Waals surface area contributed by atoms with E-state index in [0.717, 1.165) is 5.02 Å². The minimum absolute atomic E-state index is 0.235. The Labute approximate surface area is 102 Å². The van der Waals surface area contributed by atoms with Gasteiger partial charge in [-0.25, -0.2) is 0 Å². The molecule has 90 valence electrons. The standard InChI is InChI=1S/C12H19ClN2O/c1-9(15(2)8-12(16)7-14)10-3-5-11(13)6-4-10/h3-6,9,12,16H,7-8,14H2,1-2H3. The van der Waals surface area contributed by atoms with E-state index in [4.69, 9.17) is 17.3 Å². The summed E-state index contributed by atoms with van der Waals surface area (Å²) in [6.45, 7) is 2.95. The first-order valence-corrected chi connectivity index (χ1v) is 5.76. The van der Waals surface area contributed by atoms with Gasteiger partial charge in [0.25, 0.3) is 0 Å². The Morgan fingerprint density at radius 2 is 1.94 bits per heavy atom. The van der Waals surface area contributed by atoms with Crippen LogP contribution in [0.1, 0.15) is 18.5 Å². The molecule has 0 radical (unpaired) electrons. The van der Waals surface area contributed by atoms with Crippen LogP contribution in [-0.2, 0) is 0 Å². The van der Waals surface area contributed by atoms with Gasteiger partial charge >= 0.3 is 0 Å². The Morgan fingerprint density at radius 3 is 2.44 bits per heavy atom. The minimum atomic E-state index is -0.472. The Bertz CT molecular complexity index is 315. The van der Waals surface area contributed by atoms with Crippen molar-refractivity contribution < 1.29 is 5.11 Å². The lowest BCUT2D eigenvalue weighted by atomic mass is 10.1. The first kappa shape index (κ1) is 13.5. The lowest BCUT2D eigenvalue weighted by molar-refractivity contribution is 0.114.